The van der Waals surface area contributed by atoms with Crippen LogP contribution in [0.4, 0.5) is 13.2 Å². The van der Waals surface area contributed by atoms with Crippen LogP contribution >= 0.6 is 0 Å². The highest BCUT2D eigenvalue weighted by molar-refractivity contribution is 5.91. The van der Waals surface area contributed by atoms with Crippen LogP contribution in [0.2, 0.25) is 0 Å². The largest absolute Gasteiger partial charge is 0.401 e. The smallest absolute Gasteiger partial charge is 0.350 e. The lowest BCUT2D eigenvalue weighted by Crippen LogP contribution is -2.59. The molecular weight excluding hydrogens is 475 g/mol. The van der Waals surface area contributed by atoms with Crippen LogP contribution in [0, 0.1) is 34.5 Å². The summed E-state index contributed by atoms with van der Waals surface area (Å²) in [4.78, 5) is 40.9. The number of amides is 3. The van der Waals surface area contributed by atoms with Crippen molar-refractivity contribution in [1.29, 1.82) is 5.26 Å². The molecule has 6 atom stereocenters. The zero-order valence-electron chi connectivity index (χ0n) is 21.1. The molecule has 3 N–H and O–H groups in total. The van der Waals surface area contributed by atoms with E-state index in [1.54, 1.807) is 20.8 Å². The quantitative estimate of drug-likeness (QED) is 0.485. The Bertz CT molecular complexity index is 937. The minimum absolute atomic E-state index is 0.0963. The summed E-state index contributed by atoms with van der Waals surface area (Å²) in [7, 11) is 0. The Labute approximate surface area is 209 Å². The van der Waals surface area contributed by atoms with E-state index in [1.165, 1.54) is 4.90 Å². The molecule has 2 aliphatic heterocycles. The lowest BCUT2D eigenvalue weighted by molar-refractivity contribution is -0.147. The lowest BCUT2D eigenvalue weighted by Gasteiger charge is -2.36. The van der Waals surface area contributed by atoms with Crippen molar-refractivity contribution in [2.75, 3.05) is 13.1 Å². The van der Waals surface area contributed by atoms with Crippen LogP contribution in [0.3, 0.4) is 0 Å². The summed E-state index contributed by atoms with van der Waals surface area (Å²) in [6.07, 6.45) is 0.736. The second kappa shape index (κ2) is 9.51. The summed E-state index contributed by atoms with van der Waals surface area (Å²) in [5.74, 6) is -1.44. The number of nitrogens with zero attached hydrogens (tertiary/aromatic N) is 2. The molecule has 4 aliphatic rings. The molecule has 0 radical (unpaired) electrons. The standard InChI is InChI=1S/C25H36F3N5O3/c1-23(2,3)19(30-13-25(26,27)28)22(36)33-12-14-5-4-6-17(14)18(33)21(35)31-16(11-29)9-15-10-24(7-8-24)32-20(15)34/h14-19,30H,4-10,12-13H2,1-3H3,(H,31,35)(H,32,34)/t14-,15+,16-,17-,18-,19+/m0/s1. The Balaban J connectivity index is 1.48. The molecular formula is C25H36F3N5O3. The van der Waals surface area contributed by atoms with E-state index in [1.807, 2.05) is 0 Å². The van der Waals surface area contributed by atoms with Crippen molar-refractivity contribution in [3.8, 4) is 6.07 Å². The minimum Gasteiger partial charge on any atom is -0.350 e. The lowest BCUT2D eigenvalue weighted by atomic mass is 9.85. The third-order valence-corrected chi connectivity index (χ3v) is 8.30. The predicted octanol–water partition coefficient (Wildman–Crippen LogP) is 2.25. The first-order chi connectivity index (χ1) is 16.7. The van der Waals surface area contributed by atoms with Crippen molar-refractivity contribution < 1.29 is 27.6 Å². The Kier molecular flexibility index (Phi) is 7.05. The van der Waals surface area contributed by atoms with Gasteiger partial charge in [-0.25, -0.2) is 0 Å². The van der Waals surface area contributed by atoms with Crippen molar-refractivity contribution in [3.05, 3.63) is 0 Å². The average Bonchev–Trinajstić information content (AvgIpc) is 3.06. The van der Waals surface area contributed by atoms with Gasteiger partial charge in [0.2, 0.25) is 17.7 Å². The maximum Gasteiger partial charge on any atom is 0.401 e. The summed E-state index contributed by atoms with van der Waals surface area (Å²) < 4.78 is 38.9. The zero-order valence-corrected chi connectivity index (χ0v) is 21.1. The number of likely N-dealkylation sites (tertiary alicyclic amines) is 1. The Morgan fingerprint density at radius 1 is 1.25 bits per heavy atom. The maximum atomic E-state index is 13.6. The van der Waals surface area contributed by atoms with E-state index in [9.17, 15) is 32.8 Å². The number of hydrogen-bond acceptors (Lipinski definition) is 5. The molecule has 11 heteroatoms. The van der Waals surface area contributed by atoms with Gasteiger partial charge in [-0.05, 0) is 55.8 Å². The Morgan fingerprint density at radius 3 is 2.50 bits per heavy atom. The van der Waals surface area contributed by atoms with Gasteiger partial charge in [0, 0.05) is 18.0 Å². The molecule has 0 unspecified atom stereocenters. The van der Waals surface area contributed by atoms with Crippen LogP contribution in [0.1, 0.15) is 65.7 Å². The van der Waals surface area contributed by atoms with Gasteiger partial charge in [-0.2, -0.15) is 18.4 Å². The molecule has 36 heavy (non-hydrogen) atoms. The molecule has 0 aromatic rings. The summed E-state index contributed by atoms with van der Waals surface area (Å²) in [6, 6.07) is -0.771. The van der Waals surface area contributed by atoms with Gasteiger partial charge >= 0.3 is 6.18 Å². The Morgan fingerprint density at radius 2 is 1.94 bits per heavy atom. The molecule has 0 aromatic heterocycles. The number of nitriles is 1. The minimum atomic E-state index is -4.48. The van der Waals surface area contributed by atoms with Gasteiger partial charge in [0.1, 0.15) is 12.1 Å². The van der Waals surface area contributed by atoms with Crippen LogP contribution in [-0.2, 0) is 14.4 Å². The fraction of sp³-hybridized carbons (Fsp3) is 0.840. The first kappa shape index (κ1) is 26.7. The maximum absolute atomic E-state index is 13.6. The topological polar surface area (TPSA) is 114 Å². The normalized spacial score (nSPS) is 30.5. The first-order valence-electron chi connectivity index (χ1n) is 12.9. The van der Waals surface area contributed by atoms with Crippen molar-refractivity contribution >= 4 is 17.7 Å². The van der Waals surface area contributed by atoms with Gasteiger partial charge in [-0.15, -0.1) is 0 Å². The van der Waals surface area contributed by atoms with Gasteiger partial charge in [0.15, 0.2) is 0 Å². The fourth-order valence-electron chi connectivity index (χ4n) is 6.35. The van der Waals surface area contributed by atoms with Crippen molar-refractivity contribution in [3.63, 3.8) is 0 Å². The molecule has 3 amide bonds. The van der Waals surface area contributed by atoms with Crippen LogP contribution in [-0.4, -0.2) is 65.6 Å². The van der Waals surface area contributed by atoms with Gasteiger partial charge in [0.05, 0.1) is 18.7 Å². The molecule has 0 aromatic carbocycles. The second-order valence-electron chi connectivity index (χ2n) is 12.2. The third-order valence-electron chi connectivity index (χ3n) is 8.30. The van der Waals surface area contributed by atoms with Crippen molar-refractivity contribution in [2.24, 2.45) is 23.2 Å². The molecule has 8 nitrogen and oxygen atoms in total. The highest BCUT2D eigenvalue weighted by Gasteiger charge is 2.54. The van der Waals surface area contributed by atoms with Gasteiger partial charge in [0.25, 0.3) is 0 Å². The van der Waals surface area contributed by atoms with Crippen LogP contribution < -0.4 is 16.0 Å². The predicted molar refractivity (Wildman–Crippen MR) is 124 cm³/mol. The monoisotopic (exact) mass is 511 g/mol. The molecule has 200 valence electrons. The van der Waals surface area contributed by atoms with Gasteiger partial charge in [-0.1, -0.05) is 27.2 Å². The fourth-order valence-corrected chi connectivity index (χ4v) is 6.35. The van der Waals surface area contributed by atoms with E-state index in [0.29, 0.717) is 13.0 Å². The van der Waals surface area contributed by atoms with Crippen molar-refractivity contribution in [2.45, 2.75) is 95.6 Å². The molecule has 2 heterocycles. The van der Waals surface area contributed by atoms with E-state index in [2.05, 4.69) is 22.0 Å². The molecule has 2 aliphatic carbocycles. The van der Waals surface area contributed by atoms with Gasteiger partial charge < -0.3 is 15.5 Å². The number of fused-ring (bicyclic) bond motifs is 1. The molecule has 1 spiro atoms. The summed E-state index contributed by atoms with van der Waals surface area (Å²) in [6.45, 7) is 4.08. The number of rotatable bonds is 7. The Hall–Kier alpha value is -2.35. The van der Waals surface area contributed by atoms with E-state index in [4.69, 9.17) is 0 Å². The molecule has 0 bridgehead atoms. The van der Waals surface area contributed by atoms with E-state index in [-0.39, 0.29) is 35.6 Å². The van der Waals surface area contributed by atoms with E-state index >= 15 is 0 Å². The third kappa shape index (κ3) is 5.63. The summed E-state index contributed by atoms with van der Waals surface area (Å²) in [5, 5.41) is 17.8. The summed E-state index contributed by atoms with van der Waals surface area (Å²) >= 11 is 0. The zero-order chi connectivity index (χ0) is 26.5. The highest BCUT2D eigenvalue weighted by atomic mass is 19.4. The molecule has 2 saturated heterocycles. The van der Waals surface area contributed by atoms with Crippen LogP contribution in [0.15, 0.2) is 0 Å². The van der Waals surface area contributed by atoms with Crippen molar-refractivity contribution in [1.82, 2.24) is 20.9 Å². The SMILES string of the molecule is CC(C)(C)[C@H](NCC(F)(F)F)C(=O)N1C[C@@H]2CCC[C@@H]2[C@H]1C(=O)N[C@H](C#N)C[C@@H]1CC2(CC2)NC1=O. The number of alkyl halides is 3. The first-order valence-corrected chi connectivity index (χ1v) is 12.9. The number of carbonyl (C=O) groups excluding carboxylic acids is 3. The molecule has 2 saturated carbocycles. The molecule has 4 fully saturated rings. The van der Waals surface area contributed by atoms with Gasteiger partial charge in [-0.3, -0.25) is 19.7 Å². The highest BCUT2D eigenvalue weighted by Crippen LogP contribution is 2.46. The number of hydrogen-bond donors (Lipinski definition) is 3. The van der Waals surface area contributed by atoms with E-state index < -0.39 is 48.1 Å². The number of halogens is 3. The van der Waals surface area contributed by atoms with Crippen LogP contribution in [0.5, 0.6) is 0 Å². The van der Waals surface area contributed by atoms with E-state index in [0.717, 1.165) is 32.1 Å². The summed E-state index contributed by atoms with van der Waals surface area (Å²) in [5.41, 5.74) is -0.951. The number of carbonyl (C=O) groups is 3. The average molecular weight is 512 g/mol. The second-order valence-corrected chi connectivity index (χ2v) is 12.2. The number of nitrogens with one attached hydrogen (secondary N) is 3. The molecule has 4 rings (SSSR count). The van der Waals surface area contributed by atoms with Crippen LogP contribution in [0.25, 0.3) is 0 Å².